The molecule has 182 valence electrons. The van der Waals surface area contributed by atoms with E-state index in [-0.39, 0.29) is 12.5 Å². The molecule has 3 heterocycles. The molecule has 1 aromatic rings. The van der Waals surface area contributed by atoms with Gasteiger partial charge in [0.05, 0.1) is 23.5 Å². The third kappa shape index (κ3) is 4.98. The van der Waals surface area contributed by atoms with Crippen LogP contribution in [0.2, 0.25) is 0 Å². The highest BCUT2D eigenvalue weighted by Gasteiger charge is 2.42. The van der Waals surface area contributed by atoms with Gasteiger partial charge in [-0.15, -0.1) is 4.99 Å². The molecule has 0 unspecified atom stereocenters. The van der Waals surface area contributed by atoms with Crippen molar-refractivity contribution in [2.45, 2.75) is 26.2 Å². The molecule has 35 heavy (non-hydrogen) atoms. The summed E-state index contributed by atoms with van der Waals surface area (Å²) in [6, 6.07) is 7.77. The van der Waals surface area contributed by atoms with Gasteiger partial charge in [-0.3, -0.25) is 14.8 Å². The summed E-state index contributed by atoms with van der Waals surface area (Å²) in [4.78, 5) is 35.6. The van der Waals surface area contributed by atoms with Crippen LogP contribution in [0.5, 0.6) is 0 Å². The Labute approximate surface area is 204 Å². The smallest absolute Gasteiger partial charge is 0.249 e. The minimum atomic E-state index is -0.752. The van der Waals surface area contributed by atoms with E-state index >= 15 is 0 Å². The number of carbonyl (C=O) groups is 2. The summed E-state index contributed by atoms with van der Waals surface area (Å²) < 4.78 is 0. The Kier molecular flexibility index (Phi) is 7.33. The van der Waals surface area contributed by atoms with Gasteiger partial charge in [0.2, 0.25) is 24.0 Å². The quantitative estimate of drug-likeness (QED) is 0.222. The lowest BCUT2D eigenvalue weighted by Gasteiger charge is -2.44. The average Bonchev–Trinajstić information content (AvgIpc) is 2.86. The van der Waals surface area contributed by atoms with Crippen molar-refractivity contribution in [2.24, 2.45) is 16.8 Å². The van der Waals surface area contributed by atoms with Gasteiger partial charge in [0.15, 0.2) is 0 Å². The second-order valence-electron chi connectivity index (χ2n) is 9.18. The molecule has 2 fully saturated rings. The Hall–Kier alpha value is -3.89. The number of piperidine rings is 1. The molecule has 2 N–H and O–H groups in total. The molecule has 3 aliphatic heterocycles. The maximum atomic E-state index is 13.5. The van der Waals surface area contributed by atoms with E-state index in [0.717, 1.165) is 36.2 Å². The Morgan fingerprint density at radius 2 is 1.91 bits per heavy atom. The molecule has 0 saturated carbocycles. The Morgan fingerprint density at radius 3 is 2.49 bits per heavy atom. The molecular weight excluding hydrogens is 446 g/mol. The second-order valence-corrected chi connectivity index (χ2v) is 9.18. The number of nitriles is 2. The van der Waals surface area contributed by atoms with Crippen molar-refractivity contribution in [1.29, 1.82) is 10.5 Å². The van der Waals surface area contributed by atoms with Crippen LogP contribution in [0.25, 0.3) is 5.57 Å². The Bertz CT molecular complexity index is 1140. The second kappa shape index (κ2) is 10.6. The van der Waals surface area contributed by atoms with E-state index in [2.05, 4.69) is 11.1 Å². The van der Waals surface area contributed by atoms with Crippen LogP contribution in [0.3, 0.4) is 0 Å². The zero-order valence-electron chi connectivity index (χ0n) is 19.8. The number of carbonyl (C=O) groups excluding carboxylic acids is 2. The Morgan fingerprint density at radius 1 is 1.11 bits per heavy atom. The Balaban J connectivity index is 1.47. The molecule has 2 atom stereocenters. The summed E-state index contributed by atoms with van der Waals surface area (Å²) in [5, 5.41) is 27.6. The molecule has 10 nitrogen and oxygen atoms in total. The number of likely N-dealkylation sites (tertiary alicyclic amines) is 2. The third-order valence-electron chi connectivity index (χ3n) is 7.17. The first-order valence-electron chi connectivity index (χ1n) is 11.9. The summed E-state index contributed by atoms with van der Waals surface area (Å²) in [6.45, 7) is 5.27. The lowest BCUT2D eigenvalue weighted by atomic mass is 9.83. The number of aliphatic imine (C=N–C) groups is 1. The molecule has 10 heteroatoms. The molecule has 0 spiro atoms. The summed E-state index contributed by atoms with van der Waals surface area (Å²) in [5.74, 6) is -1.49. The van der Waals surface area contributed by atoms with Gasteiger partial charge in [-0.1, -0.05) is 12.1 Å². The van der Waals surface area contributed by atoms with Crippen LogP contribution in [0.4, 0.5) is 0 Å². The van der Waals surface area contributed by atoms with E-state index in [0.29, 0.717) is 44.0 Å². The topological polar surface area (TPSA) is 136 Å². The van der Waals surface area contributed by atoms with Crippen molar-refractivity contribution in [2.75, 3.05) is 39.3 Å². The summed E-state index contributed by atoms with van der Waals surface area (Å²) >= 11 is 0. The highest BCUT2D eigenvalue weighted by atomic mass is 16.5. The molecule has 0 bridgehead atoms. The number of guanidine groups is 1. The van der Waals surface area contributed by atoms with Gasteiger partial charge in [-0.2, -0.15) is 10.5 Å². The van der Waals surface area contributed by atoms with E-state index in [9.17, 15) is 14.8 Å². The fourth-order valence-corrected chi connectivity index (χ4v) is 5.12. The minimum absolute atomic E-state index is 0.104. The van der Waals surface area contributed by atoms with E-state index in [1.165, 1.54) is 0 Å². The molecule has 1 aromatic carbocycles. The molecule has 2 saturated heterocycles. The molecule has 0 radical (unpaired) electrons. The van der Waals surface area contributed by atoms with Crippen molar-refractivity contribution in [3.05, 3.63) is 41.0 Å². The monoisotopic (exact) mass is 475 g/mol. The maximum absolute atomic E-state index is 13.5. The maximum Gasteiger partial charge on any atom is 0.249 e. The van der Waals surface area contributed by atoms with Crippen molar-refractivity contribution in [1.82, 2.24) is 20.2 Å². The number of hydrogen-bond donors (Lipinski definition) is 2. The predicted molar refractivity (Wildman–Crippen MR) is 127 cm³/mol. The van der Waals surface area contributed by atoms with Gasteiger partial charge >= 0.3 is 0 Å². The molecule has 0 aromatic heterocycles. The zero-order valence-corrected chi connectivity index (χ0v) is 19.8. The van der Waals surface area contributed by atoms with Gasteiger partial charge in [-0.05, 0) is 55.0 Å². The fourth-order valence-electron chi connectivity index (χ4n) is 5.12. The molecule has 3 aliphatic rings. The molecular formula is C25H29N7O3. The third-order valence-corrected chi connectivity index (χ3v) is 7.17. The first-order valence-corrected chi connectivity index (χ1v) is 11.9. The SMILES string of the molecule is Cc1cc(C#N)ccc1C1=CCN(C(=O)[C@H]2CCN(/C(=N/C#N)N3CCC3)C[C@@H]2C(=O)NO)CC1. The number of amides is 2. The lowest BCUT2D eigenvalue weighted by molar-refractivity contribution is -0.147. The standard InChI is InChI=1S/C25H29N7O3/c1-17-13-18(14-26)3-4-20(17)19-5-10-30(11-6-19)24(34)21-7-12-32(15-22(21)23(33)29-35)25(28-16-27)31-8-2-9-31/h3-5,13,21-22,35H,2,6-12,15H2,1H3,(H,29,33)/b28-25+/t21-,22-/m0/s1. The van der Waals surface area contributed by atoms with Crippen LogP contribution in [0, 0.1) is 41.5 Å². The van der Waals surface area contributed by atoms with E-state index in [4.69, 9.17) is 10.5 Å². The molecule has 2 amide bonds. The normalized spacial score (nSPS) is 22.5. The number of nitrogens with zero attached hydrogens (tertiary/aromatic N) is 6. The number of benzene rings is 1. The van der Waals surface area contributed by atoms with Crippen molar-refractivity contribution >= 4 is 23.3 Å². The fraction of sp³-hybridized carbons (Fsp3) is 0.480. The van der Waals surface area contributed by atoms with E-state index in [1.54, 1.807) is 16.4 Å². The molecule has 0 aliphatic carbocycles. The zero-order chi connectivity index (χ0) is 24.9. The number of hydrogen-bond acceptors (Lipinski definition) is 6. The van der Waals surface area contributed by atoms with Crippen LogP contribution in [0.1, 0.15) is 36.0 Å². The van der Waals surface area contributed by atoms with Crippen LogP contribution in [-0.2, 0) is 9.59 Å². The minimum Gasteiger partial charge on any atom is -0.342 e. The highest BCUT2D eigenvalue weighted by molar-refractivity contribution is 5.90. The first kappa shape index (κ1) is 24.2. The van der Waals surface area contributed by atoms with Gasteiger partial charge in [0.1, 0.15) is 0 Å². The van der Waals surface area contributed by atoms with Crippen LogP contribution >= 0.6 is 0 Å². The van der Waals surface area contributed by atoms with Gasteiger partial charge in [-0.25, -0.2) is 5.48 Å². The van der Waals surface area contributed by atoms with Crippen LogP contribution in [0.15, 0.2) is 29.3 Å². The highest BCUT2D eigenvalue weighted by Crippen LogP contribution is 2.31. The largest absolute Gasteiger partial charge is 0.342 e. The van der Waals surface area contributed by atoms with E-state index < -0.39 is 17.7 Å². The van der Waals surface area contributed by atoms with Crippen molar-refractivity contribution in [3.8, 4) is 12.3 Å². The summed E-state index contributed by atoms with van der Waals surface area (Å²) in [5.41, 5.74) is 5.60. The lowest BCUT2D eigenvalue weighted by Crippen LogP contribution is -2.58. The summed E-state index contributed by atoms with van der Waals surface area (Å²) in [6.07, 6.45) is 6.01. The number of aryl methyl sites for hydroxylation is 1. The van der Waals surface area contributed by atoms with Crippen molar-refractivity contribution < 1.29 is 14.8 Å². The van der Waals surface area contributed by atoms with Gasteiger partial charge < -0.3 is 14.7 Å². The average molecular weight is 476 g/mol. The first-order chi connectivity index (χ1) is 17.0. The predicted octanol–water partition coefficient (Wildman–Crippen LogP) is 1.47. The molecule has 4 rings (SSSR count). The van der Waals surface area contributed by atoms with Gasteiger partial charge in [0, 0.05) is 39.3 Å². The number of hydroxylamine groups is 1. The van der Waals surface area contributed by atoms with Crippen LogP contribution in [-0.4, -0.2) is 76.9 Å². The number of nitrogens with one attached hydrogen (secondary N) is 1. The number of rotatable bonds is 3. The van der Waals surface area contributed by atoms with Gasteiger partial charge in [0.25, 0.3) is 0 Å². The summed E-state index contributed by atoms with van der Waals surface area (Å²) in [7, 11) is 0. The van der Waals surface area contributed by atoms with Crippen molar-refractivity contribution in [3.63, 3.8) is 0 Å². The van der Waals surface area contributed by atoms with Crippen LogP contribution < -0.4 is 5.48 Å². The van der Waals surface area contributed by atoms with E-state index in [1.807, 2.05) is 41.1 Å².